The first-order valence-corrected chi connectivity index (χ1v) is 9.76. The number of urea groups is 1. The number of ether oxygens (including phenoxy) is 2. The lowest BCUT2D eigenvalue weighted by Crippen LogP contribution is -2.54. The van der Waals surface area contributed by atoms with Gasteiger partial charge >= 0.3 is 6.03 Å². The molecule has 1 aromatic carbocycles. The van der Waals surface area contributed by atoms with Gasteiger partial charge in [-0.1, -0.05) is 39.2 Å². The first-order valence-electron chi connectivity index (χ1n) is 9.76. The highest BCUT2D eigenvalue weighted by atomic mass is 16.7. The zero-order chi connectivity index (χ0) is 19.2. The van der Waals surface area contributed by atoms with E-state index in [9.17, 15) is 9.59 Å². The molecule has 7 heteroatoms. The molecule has 7 nitrogen and oxygen atoms in total. The molecule has 27 heavy (non-hydrogen) atoms. The van der Waals surface area contributed by atoms with Gasteiger partial charge in [0, 0.05) is 12.6 Å². The summed E-state index contributed by atoms with van der Waals surface area (Å²) in [6, 6.07) is 4.95. The molecule has 1 aromatic rings. The van der Waals surface area contributed by atoms with Crippen molar-refractivity contribution in [1.82, 2.24) is 16.0 Å². The molecule has 0 saturated heterocycles. The van der Waals surface area contributed by atoms with Crippen molar-refractivity contribution < 1.29 is 19.1 Å². The summed E-state index contributed by atoms with van der Waals surface area (Å²) in [6.45, 7) is 4.43. The summed E-state index contributed by atoms with van der Waals surface area (Å²) in [5.41, 5.74) is 0.918. The topological polar surface area (TPSA) is 88.7 Å². The van der Waals surface area contributed by atoms with Gasteiger partial charge in [0.25, 0.3) is 0 Å². The Morgan fingerprint density at radius 3 is 2.59 bits per heavy atom. The molecule has 1 atom stereocenters. The Morgan fingerprint density at radius 2 is 1.85 bits per heavy atom. The molecular weight excluding hydrogens is 346 g/mol. The average molecular weight is 375 g/mol. The summed E-state index contributed by atoms with van der Waals surface area (Å²) >= 11 is 0. The number of amides is 3. The lowest BCUT2D eigenvalue weighted by atomic mass is 9.96. The molecule has 1 heterocycles. The van der Waals surface area contributed by atoms with Gasteiger partial charge in [-0.05, 0) is 36.5 Å². The molecule has 1 saturated carbocycles. The zero-order valence-electron chi connectivity index (χ0n) is 16.0. The number of benzene rings is 1. The molecule has 2 aliphatic rings. The molecule has 3 amide bonds. The Hall–Kier alpha value is -2.44. The third-order valence-electron chi connectivity index (χ3n) is 5.08. The molecule has 1 aliphatic carbocycles. The fourth-order valence-electron chi connectivity index (χ4n) is 3.50. The van der Waals surface area contributed by atoms with Crippen molar-refractivity contribution in [3.8, 4) is 11.5 Å². The van der Waals surface area contributed by atoms with Crippen molar-refractivity contribution in [1.29, 1.82) is 0 Å². The van der Waals surface area contributed by atoms with Crippen LogP contribution in [-0.2, 0) is 11.3 Å². The van der Waals surface area contributed by atoms with E-state index < -0.39 is 6.04 Å². The molecule has 148 valence electrons. The molecule has 3 rings (SSSR count). The summed E-state index contributed by atoms with van der Waals surface area (Å²) in [7, 11) is 0. The van der Waals surface area contributed by atoms with Gasteiger partial charge in [-0.3, -0.25) is 4.79 Å². The highest BCUT2D eigenvalue weighted by molar-refractivity contribution is 5.87. The molecule has 0 spiro atoms. The minimum absolute atomic E-state index is 0.0149. The van der Waals surface area contributed by atoms with Gasteiger partial charge in [0.05, 0.1) is 0 Å². The molecule has 0 aromatic heterocycles. The van der Waals surface area contributed by atoms with Crippen LogP contribution >= 0.6 is 0 Å². The van der Waals surface area contributed by atoms with Crippen LogP contribution in [0.3, 0.4) is 0 Å². The Kier molecular flexibility index (Phi) is 6.42. The number of carbonyl (C=O) groups excluding carboxylic acids is 2. The van der Waals surface area contributed by atoms with E-state index in [1.807, 2.05) is 32.0 Å². The van der Waals surface area contributed by atoms with Crippen molar-refractivity contribution >= 4 is 11.9 Å². The summed E-state index contributed by atoms with van der Waals surface area (Å²) < 4.78 is 10.6. The van der Waals surface area contributed by atoms with Gasteiger partial charge in [-0.2, -0.15) is 0 Å². The number of carbonyl (C=O) groups is 2. The van der Waals surface area contributed by atoms with Crippen molar-refractivity contribution in [3.05, 3.63) is 23.8 Å². The number of hydrogen-bond acceptors (Lipinski definition) is 4. The van der Waals surface area contributed by atoms with Crippen molar-refractivity contribution in [2.75, 3.05) is 6.79 Å². The second kappa shape index (κ2) is 8.97. The average Bonchev–Trinajstić information content (AvgIpc) is 3.12. The maximum absolute atomic E-state index is 12.6. The summed E-state index contributed by atoms with van der Waals surface area (Å²) in [6.07, 6.45) is 5.55. The van der Waals surface area contributed by atoms with Gasteiger partial charge in [0.1, 0.15) is 6.04 Å². The van der Waals surface area contributed by atoms with E-state index in [0.29, 0.717) is 18.0 Å². The maximum atomic E-state index is 12.6. The second-order valence-electron chi connectivity index (χ2n) is 7.58. The van der Waals surface area contributed by atoms with E-state index in [1.165, 1.54) is 6.42 Å². The molecule has 0 unspecified atom stereocenters. The fraction of sp³-hybridized carbons (Fsp3) is 0.600. The first kappa shape index (κ1) is 19.3. The second-order valence-corrected chi connectivity index (χ2v) is 7.58. The van der Waals surface area contributed by atoms with Crippen molar-refractivity contribution in [3.63, 3.8) is 0 Å². The van der Waals surface area contributed by atoms with Crippen LogP contribution in [0.1, 0.15) is 51.5 Å². The van der Waals surface area contributed by atoms with Gasteiger partial charge in [0.2, 0.25) is 12.7 Å². The van der Waals surface area contributed by atoms with Crippen LogP contribution in [0.2, 0.25) is 0 Å². The summed E-state index contributed by atoms with van der Waals surface area (Å²) in [5, 5.41) is 8.74. The Labute approximate surface area is 160 Å². The van der Waals surface area contributed by atoms with E-state index in [2.05, 4.69) is 16.0 Å². The normalized spacial score (nSPS) is 17.4. The smallest absolute Gasteiger partial charge is 0.315 e. The first-order chi connectivity index (χ1) is 13.0. The van der Waals surface area contributed by atoms with Gasteiger partial charge in [0.15, 0.2) is 11.5 Å². The quantitative estimate of drug-likeness (QED) is 0.713. The summed E-state index contributed by atoms with van der Waals surface area (Å²) in [4.78, 5) is 24.9. The SMILES string of the molecule is CC(C)[C@@H](NC(=O)NC1CCCCC1)C(=O)NCc1ccc2c(c1)OCO2. The van der Waals surface area contributed by atoms with Crippen LogP contribution in [0.4, 0.5) is 4.79 Å². The minimum Gasteiger partial charge on any atom is -0.454 e. The van der Waals surface area contributed by atoms with Crippen LogP contribution < -0.4 is 25.4 Å². The molecule has 0 bridgehead atoms. The van der Waals surface area contributed by atoms with Gasteiger partial charge in [-0.15, -0.1) is 0 Å². The standard InChI is InChI=1S/C20H29N3O4/c1-13(2)18(23-20(25)22-15-6-4-3-5-7-15)19(24)21-11-14-8-9-16-17(10-14)27-12-26-16/h8-10,13,15,18H,3-7,11-12H2,1-2H3,(H,21,24)(H2,22,23,25)/t18-/m1/s1. The highest BCUT2D eigenvalue weighted by Crippen LogP contribution is 2.32. The van der Waals surface area contributed by atoms with Crippen LogP contribution in [0.25, 0.3) is 0 Å². The van der Waals surface area contributed by atoms with E-state index in [1.54, 1.807) is 0 Å². The lowest BCUT2D eigenvalue weighted by molar-refractivity contribution is -0.124. The van der Waals surface area contributed by atoms with Crippen LogP contribution in [-0.4, -0.2) is 30.8 Å². The lowest BCUT2D eigenvalue weighted by Gasteiger charge is -2.26. The Balaban J connectivity index is 1.51. The fourth-order valence-corrected chi connectivity index (χ4v) is 3.50. The van der Waals surface area contributed by atoms with Crippen LogP contribution in [0.5, 0.6) is 11.5 Å². The van der Waals surface area contributed by atoms with E-state index in [0.717, 1.165) is 31.2 Å². The Bertz CT molecular complexity index is 671. The number of fused-ring (bicyclic) bond motifs is 1. The summed E-state index contributed by atoms with van der Waals surface area (Å²) in [5.74, 6) is 1.19. The molecule has 3 N–H and O–H groups in total. The highest BCUT2D eigenvalue weighted by Gasteiger charge is 2.25. The zero-order valence-corrected chi connectivity index (χ0v) is 16.0. The van der Waals surface area contributed by atoms with Gasteiger partial charge in [-0.25, -0.2) is 4.79 Å². The predicted molar refractivity (Wildman–Crippen MR) is 102 cm³/mol. The third kappa shape index (κ3) is 5.28. The van der Waals surface area contributed by atoms with Crippen molar-refractivity contribution in [2.24, 2.45) is 5.92 Å². The van der Waals surface area contributed by atoms with Crippen LogP contribution in [0.15, 0.2) is 18.2 Å². The van der Waals surface area contributed by atoms with Crippen molar-refractivity contribution in [2.45, 2.75) is 64.6 Å². The molecule has 0 radical (unpaired) electrons. The van der Waals surface area contributed by atoms with Gasteiger partial charge < -0.3 is 25.4 Å². The molecule has 1 aliphatic heterocycles. The van der Waals surface area contributed by atoms with E-state index in [4.69, 9.17) is 9.47 Å². The Morgan fingerprint density at radius 1 is 1.11 bits per heavy atom. The number of rotatable bonds is 6. The molecule has 1 fully saturated rings. The van der Waals surface area contributed by atoms with E-state index in [-0.39, 0.29) is 30.7 Å². The van der Waals surface area contributed by atoms with E-state index >= 15 is 0 Å². The maximum Gasteiger partial charge on any atom is 0.315 e. The monoisotopic (exact) mass is 375 g/mol. The van der Waals surface area contributed by atoms with Crippen LogP contribution in [0, 0.1) is 5.92 Å². The minimum atomic E-state index is -0.581. The largest absolute Gasteiger partial charge is 0.454 e. The number of hydrogen-bond donors (Lipinski definition) is 3. The predicted octanol–water partition coefficient (Wildman–Crippen LogP) is 2.69. The number of nitrogens with one attached hydrogen (secondary N) is 3. The third-order valence-corrected chi connectivity index (χ3v) is 5.08. The molecular formula is C20H29N3O4.